The lowest BCUT2D eigenvalue weighted by atomic mass is 10.5. The van der Waals surface area contributed by atoms with E-state index in [1.807, 2.05) is 0 Å². The average molecular weight is 176 g/mol. The third-order valence-electron chi connectivity index (χ3n) is 1.63. The number of rotatable bonds is 2. The first-order valence-electron chi connectivity index (χ1n) is 4.28. The molecule has 0 atom stereocenters. The van der Waals surface area contributed by atoms with Gasteiger partial charge in [0.2, 0.25) is 5.95 Å². The molecule has 13 heavy (non-hydrogen) atoms. The lowest BCUT2D eigenvalue weighted by Crippen LogP contribution is -1.98. The molecule has 2 heterocycles. The van der Waals surface area contributed by atoms with Gasteiger partial charge in [0.15, 0.2) is 5.65 Å². The van der Waals surface area contributed by atoms with E-state index in [0.29, 0.717) is 17.7 Å². The summed E-state index contributed by atoms with van der Waals surface area (Å²) in [4.78, 5) is 11.7. The van der Waals surface area contributed by atoms with Gasteiger partial charge in [0.25, 0.3) is 0 Å². The van der Waals surface area contributed by atoms with Crippen LogP contribution in [-0.4, -0.2) is 19.5 Å². The van der Waals surface area contributed by atoms with Crippen molar-refractivity contribution in [2.45, 2.75) is 6.54 Å². The predicted molar refractivity (Wildman–Crippen MR) is 49.9 cm³/mol. The number of nitrogen functional groups attached to an aromatic ring is 1. The van der Waals surface area contributed by atoms with Crippen LogP contribution in [0.4, 0.5) is 5.95 Å². The van der Waals surface area contributed by atoms with Crippen LogP contribution in [-0.2, 0) is 6.54 Å². The monoisotopic (exact) mass is 176 g/mol. The molecule has 0 amide bonds. The predicted octanol–water partition coefficient (Wildman–Crippen LogP) is 0.595. The van der Waals surface area contributed by atoms with E-state index in [9.17, 15) is 0 Å². The zero-order valence-electron chi connectivity index (χ0n) is 7.94. The van der Waals surface area contributed by atoms with Crippen LogP contribution in [0.15, 0.2) is 25.2 Å². The summed E-state index contributed by atoms with van der Waals surface area (Å²) in [5, 5.41) is 0. The van der Waals surface area contributed by atoms with Gasteiger partial charge in [-0.15, -0.1) is 6.58 Å². The van der Waals surface area contributed by atoms with Gasteiger partial charge in [-0.25, -0.2) is 9.97 Å². The van der Waals surface area contributed by atoms with Crippen LogP contribution in [0.5, 0.6) is 0 Å². The summed E-state index contributed by atoms with van der Waals surface area (Å²) < 4.78 is 9.28. The number of nitrogens with zero attached hydrogens (tertiary/aromatic N) is 4. The van der Waals surface area contributed by atoms with Crippen molar-refractivity contribution < 1.29 is 1.37 Å². The van der Waals surface area contributed by atoms with Gasteiger partial charge >= 0.3 is 0 Å². The summed E-state index contributed by atoms with van der Waals surface area (Å²) in [5.41, 5.74) is 6.47. The van der Waals surface area contributed by atoms with Gasteiger partial charge in [-0.1, -0.05) is 6.08 Å². The van der Waals surface area contributed by atoms with Gasteiger partial charge in [-0.05, 0) is 0 Å². The molecule has 0 bridgehead atoms. The van der Waals surface area contributed by atoms with Crippen LogP contribution >= 0.6 is 0 Å². The van der Waals surface area contributed by atoms with Crippen molar-refractivity contribution in [3.63, 3.8) is 0 Å². The maximum atomic E-state index is 7.52. The third-order valence-corrected chi connectivity index (χ3v) is 1.63. The SMILES string of the molecule is [2H]c1nc(N)nc2c1ncn2CC=C. The van der Waals surface area contributed by atoms with E-state index in [0.717, 1.165) is 0 Å². The first kappa shape index (κ1) is 6.59. The summed E-state index contributed by atoms with van der Waals surface area (Å²) in [7, 11) is 0. The van der Waals surface area contributed by atoms with E-state index >= 15 is 0 Å². The third kappa shape index (κ3) is 1.24. The van der Waals surface area contributed by atoms with Crippen molar-refractivity contribution in [3.05, 3.63) is 25.2 Å². The van der Waals surface area contributed by atoms with Gasteiger partial charge < -0.3 is 10.3 Å². The summed E-state index contributed by atoms with van der Waals surface area (Å²) in [6.45, 7) is 4.21. The second-order valence-corrected chi connectivity index (χ2v) is 2.55. The highest BCUT2D eigenvalue weighted by Gasteiger charge is 2.02. The number of anilines is 1. The Bertz CT molecular complexity index is 490. The molecule has 5 heteroatoms. The van der Waals surface area contributed by atoms with E-state index in [-0.39, 0.29) is 12.1 Å². The lowest BCUT2D eigenvalue weighted by molar-refractivity contribution is 0.839. The van der Waals surface area contributed by atoms with Crippen LogP contribution in [0.3, 0.4) is 0 Å². The fourth-order valence-corrected chi connectivity index (χ4v) is 1.09. The molecule has 2 aromatic rings. The number of hydrogen-bond donors (Lipinski definition) is 1. The van der Waals surface area contributed by atoms with E-state index in [1.54, 1.807) is 17.0 Å². The Morgan fingerprint density at radius 1 is 1.69 bits per heavy atom. The van der Waals surface area contributed by atoms with Gasteiger partial charge in [0, 0.05) is 6.54 Å². The molecule has 0 saturated heterocycles. The highest BCUT2D eigenvalue weighted by Crippen LogP contribution is 2.09. The minimum absolute atomic E-state index is 0.0512. The number of allylic oxidation sites excluding steroid dienone is 1. The zero-order chi connectivity index (χ0) is 10.1. The molecule has 0 spiro atoms. The molecule has 2 aromatic heterocycles. The first-order valence-corrected chi connectivity index (χ1v) is 3.78. The molecule has 2 rings (SSSR count). The van der Waals surface area contributed by atoms with Crippen LogP contribution in [0, 0.1) is 0 Å². The van der Waals surface area contributed by atoms with Gasteiger partial charge in [-0.3, -0.25) is 0 Å². The molecule has 5 nitrogen and oxygen atoms in total. The van der Waals surface area contributed by atoms with Crippen LogP contribution < -0.4 is 5.73 Å². The van der Waals surface area contributed by atoms with Crippen molar-refractivity contribution in [2.75, 3.05) is 5.73 Å². The molecule has 0 aliphatic rings. The molecule has 0 aliphatic carbocycles. The van der Waals surface area contributed by atoms with Gasteiger partial charge in [0.1, 0.15) is 5.52 Å². The number of aromatic nitrogens is 4. The molecule has 0 fully saturated rings. The Kier molecular flexibility index (Phi) is 1.45. The Morgan fingerprint density at radius 3 is 3.31 bits per heavy atom. The highest BCUT2D eigenvalue weighted by molar-refractivity contribution is 5.70. The van der Waals surface area contributed by atoms with Crippen molar-refractivity contribution in [1.29, 1.82) is 0 Å². The number of hydrogen-bond acceptors (Lipinski definition) is 4. The summed E-state index contributed by atoms with van der Waals surface area (Å²) in [6, 6.07) is 0. The largest absolute Gasteiger partial charge is 0.368 e. The van der Waals surface area contributed by atoms with E-state index < -0.39 is 0 Å². The molecule has 0 unspecified atom stereocenters. The Balaban J connectivity index is 2.71. The zero-order valence-corrected chi connectivity index (χ0v) is 6.94. The Morgan fingerprint density at radius 2 is 2.54 bits per heavy atom. The molecule has 0 aliphatic heterocycles. The number of fused-ring (bicyclic) bond motifs is 1. The summed E-state index contributed by atoms with van der Waals surface area (Å²) in [6.07, 6.45) is 3.37. The second-order valence-electron chi connectivity index (χ2n) is 2.55. The number of nitrogens with two attached hydrogens (primary N) is 1. The maximum absolute atomic E-state index is 7.52. The van der Waals surface area contributed by atoms with E-state index in [1.165, 1.54) is 0 Å². The minimum atomic E-state index is 0.0512. The van der Waals surface area contributed by atoms with E-state index in [4.69, 9.17) is 7.10 Å². The molecule has 0 radical (unpaired) electrons. The van der Waals surface area contributed by atoms with Crippen LogP contribution in [0.25, 0.3) is 11.2 Å². The van der Waals surface area contributed by atoms with Crippen molar-refractivity contribution in [3.8, 4) is 0 Å². The Labute approximate surface area is 76.3 Å². The lowest BCUT2D eigenvalue weighted by Gasteiger charge is -1.97. The fourth-order valence-electron chi connectivity index (χ4n) is 1.09. The average Bonchev–Trinajstić information content (AvgIpc) is 2.49. The molecule has 0 aromatic carbocycles. The summed E-state index contributed by atoms with van der Waals surface area (Å²) >= 11 is 0. The van der Waals surface area contributed by atoms with Crippen molar-refractivity contribution >= 4 is 17.1 Å². The van der Waals surface area contributed by atoms with Crippen LogP contribution in [0.1, 0.15) is 1.37 Å². The molecule has 2 N–H and O–H groups in total. The smallest absolute Gasteiger partial charge is 0.222 e. The molecule has 66 valence electrons. The first-order chi connectivity index (χ1) is 6.72. The molecule has 0 saturated carbocycles. The van der Waals surface area contributed by atoms with E-state index in [2.05, 4.69) is 21.5 Å². The normalized spacial score (nSPS) is 11.5. The maximum Gasteiger partial charge on any atom is 0.222 e. The summed E-state index contributed by atoms with van der Waals surface area (Å²) in [5.74, 6) is 0.0910. The Hall–Kier alpha value is -1.91. The van der Waals surface area contributed by atoms with Gasteiger partial charge in [0.05, 0.1) is 13.9 Å². The van der Waals surface area contributed by atoms with Crippen LogP contribution in [0.2, 0.25) is 0 Å². The molecular weight excluding hydrogens is 166 g/mol. The van der Waals surface area contributed by atoms with Gasteiger partial charge in [-0.2, -0.15) is 4.98 Å². The quantitative estimate of drug-likeness (QED) is 0.680. The fraction of sp³-hybridized carbons (Fsp3) is 0.125. The highest BCUT2D eigenvalue weighted by atomic mass is 15.1. The minimum Gasteiger partial charge on any atom is -0.368 e. The second kappa shape index (κ2) is 2.85. The molecular formula is C8H9N5. The van der Waals surface area contributed by atoms with Crippen molar-refractivity contribution in [1.82, 2.24) is 19.5 Å². The number of imidazole rings is 1. The standard InChI is InChI=1S/C8H9N5/c1-2-3-13-5-11-6-4-10-8(9)12-7(6)13/h2,4-5H,1,3H2,(H2,9,10,12)/i4D. The van der Waals surface area contributed by atoms with Crippen molar-refractivity contribution in [2.24, 2.45) is 0 Å². The topological polar surface area (TPSA) is 69.6 Å².